The van der Waals surface area contributed by atoms with Crippen LogP contribution < -0.4 is 5.32 Å². The highest BCUT2D eigenvalue weighted by molar-refractivity contribution is 7.08. The van der Waals surface area contributed by atoms with Crippen LogP contribution in [0.2, 0.25) is 0 Å². The van der Waals surface area contributed by atoms with Crippen molar-refractivity contribution < 1.29 is 19.4 Å². The predicted molar refractivity (Wildman–Crippen MR) is 54.7 cm³/mol. The molecular formula is C9H11NO4S. The molecule has 0 aliphatic rings. The van der Waals surface area contributed by atoms with Crippen LogP contribution in [0.25, 0.3) is 0 Å². The van der Waals surface area contributed by atoms with Crippen LogP contribution in [-0.4, -0.2) is 36.7 Å². The van der Waals surface area contributed by atoms with Crippen molar-refractivity contribution in [3.63, 3.8) is 0 Å². The summed E-state index contributed by atoms with van der Waals surface area (Å²) in [6, 6.07) is 1.66. The van der Waals surface area contributed by atoms with Gasteiger partial charge in [-0.05, 0) is 11.4 Å². The van der Waals surface area contributed by atoms with E-state index in [0.717, 1.165) is 0 Å². The molecular weight excluding hydrogens is 218 g/mol. The van der Waals surface area contributed by atoms with Crippen LogP contribution in [0, 0.1) is 0 Å². The van der Waals surface area contributed by atoms with Gasteiger partial charge in [0.1, 0.15) is 0 Å². The number of aliphatic hydroxyl groups excluding tert-OH is 1. The Morgan fingerprint density at radius 3 is 2.93 bits per heavy atom. The normalized spacial score (nSPS) is 11.9. The highest BCUT2D eigenvalue weighted by atomic mass is 32.1. The van der Waals surface area contributed by atoms with E-state index in [2.05, 4.69) is 10.1 Å². The highest BCUT2D eigenvalue weighted by Crippen LogP contribution is 2.05. The van der Waals surface area contributed by atoms with Crippen LogP contribution in [0.5, 0.6) is 0 Å². The highest BCUT2D eigenvalue weighted by Gasteiger charge is 2.16. The fourth-order valence-corrected chi connectivity index (χ4v) is 1.54. The van der Waals surface area contributed by atoms with Crippen LogP contribution >= 0.6 is 11.3 Å². The molecule has 2 N–H and O–H groups in total. The summed E-state index contributed by atoms with van der Waals surface area (Å²) in [6.45, 7) is -0.151. The maximum Gasteiger partial charge on any atom is 0.336 e. The van der Waals surface area contributed by atoms with Crippen LogP contribution in [0.1, 0.15) is 10.4 Å². The summed E-state index contributed by atoms with van der Waals surface area (Å²) < 4.78 is 4.30. The van der Waals surface area contributed by atoms with E-state index in [1.165, 1.54) is 18.4 Å². The first-order chi connectivity index (χ1) is 7.15. The van der Waals surface area contributed by atoms with Crippen molar-refractivity contribution in [2.75, 3.05) is 13.7 Å². The van der Waals surface area contributed by atoms with Gasteiger partial charge in [0.15, 0.2) is 6.10 Å². The number of hydrogen-bond donors (Lipinski definition) is 2. The Labute approximate surface area is 90.7 Å². The minimum absolute atomic E-state index is 0.151. The molecule has 0 saturated heterocycles. The van der Waals surface area contributed by atoms with Crippen LogP contribution in [0.3, 0.4) is 0 Å². The number of rotatable bonds is 4. The summed E-state index contributed by atoms with van der Waals surface area (Å²) in [5.41, 5.74) is 0.511. The number of carbonyl (C=O) groups excluding carboxylic acids is 2. The second kappa shape index (κ2) is 5.47. The summed E-state index contributed by atoms with van der Waals surface area (Å²) in [6.07, 6.45) is -1.32. The first-order valence-electron chi connectivity index (χ1n) is 4.21. The molecule has 1 atom stereocenters. The monoisotopic (exact) mass is 229 g/mol. The molecule has 0 fully saturated rings. The number of esters is 1. The smallest absolute Gasteiger partial charge is 0.336 e. The maximum absolute atomic E-state index is 11.4. The van der Waals surface area contributed by atoms with Gasteiger partial charge in [-0.15, -0.1) is 0 Å². The average molecular weight is 229 g/mol. The fourth-order valence-electron chi connectivity index (χ4n) is 0.904. The first-order valence-corrected chi connectivity index (χ1v) is 5.15. The van der Waals surface area contributed by atoms with E-state index in [1.807, 2.05) is 0 Å². The lowest BCUT2D eigenvalue weighted by molar-refractivity contribution is -0.149. The second-order valence-corrected chi connectivity index (χ2v) is 3.54. The van der Waals surface area contributed by atoms with Crippen molar-refractivity contribution in [2.24, 2.45) is 0 Å². The standard InChI is InChI=1S/C9H11NO4S/c1-14-9(13)7(11)4-10-8(12)6-2-3-15-5-6/h2-3,5,7,11H,4H2,1H3,(H,10,12). The van der Waals surface area contributed by atoms with Gasteiger partial charge in [-0.3, -0.25) is 4.79 Å². The van der Waals surface area contributed by atoms with Crippen LogP contribution in [0.4, 0.5) is 0 Å². The van der Waals surface area contributed by atoms with Gasteiger partial charge in [0, 0.05) is 10.9 Å². The Morgan fingerprint density at radius 2 is 2.40 bits per heavy atom. The van der Waals surface area contributed by atoms with Crippen molar-refractivity contribution in [3.05, 3.63) is 22.4 Å². The third-order valence-corrected chi connectivity index (χ3v) is 2.40. The number of hydrogen-bond acceptors (Lipinski definition) is 5. The Balaban J connectivity index is 2.38. The molecule has 0 saturated carbocycles. The van der Waals surface area contributed by atoms with E-state index in [-0.39, 0.29) is 12.5 Å². The van der Waals surface area contributed by atoms with Crippen molar-refractivity contribution in [3.8, 4) is 0 Å². The zero-order valence-corrected chi connectivity index (χ0v) is 8.91. The van der Waals surface area contributed by atoms with Crippen LogP contribution in [-0.2, 0) is 9.53 Å². The minimum atomic E-state index is -1.32. The molecule has 82 valence electrons. The van der Waals surface area contributed by atoms with Gasteiger partial charge in [-0.1, -0.05) is 0 Å². The lowest BCUT2D eigenvalue weighted by atomic mass is 10.3. The topological polar surface area (TPSA) is 75.6 Å². The van der Waals surface area contributed by atoms with Crippen molar-refractivity contribution in [1.29, 1.82) is 0 Å². The SMILES string of the molecule is COC(=O)C(O)CNC(=O)c1ccsc1. The summed E-state index contributed by atoms with van der Waals surface area (Å²) in [5.74, 6) is -1.08. The molecule has 1 unspecified atom stereocenters. The quantitative estimate of drug-likeness (QED) is 0.713. The van der Waals surface area contributed by atoms with Crippen molar-refractivity contribution in [1.82, 2.24) is 5.32 Å². The van der Waals surface area contributed by atoms with E-state index in [1.54, 1.807) is 16.8 Å². The predicted octanol–water partition coefficient (Wildman–Crippen LogP) is 0.0118. The molecule has 0 spiro atoms. The molecule has 6 heteroatoms. The molecule has 0 radical (unpaired) electrons. The Hall–Kier alpha value is -1.40. The molecule has 15 heavy (non-hydrogen) atoms. The average Bonchev–Trinajstić information content (AvgIpc) is 2.77. The molecule has 1 amide bonds. The summed E-state index contributed by atoms with van der Waals surface area (Å²) >= 11 is 1.40. The summed E-state index contributed by atoms with van der Waals surface area (Å²) in [4.78, 5) is 22.1. The zero-order chi connectivity index (χ0) is 11.3. The Morgan fingerprint density at radius 1 is 1.67 bits per heavy atom. The van der Waals surface area contributed by atoms with Gasteiger partial charge in [0.25, 0.3) is 5.91 Å². The van der Waals surface area contributed by atoms with Gasteiger partial charge in [0.05, 0.1) is 13.7 Å². The molecule has 0 aliphatic heterocycles. The zero-order valence-electron chi connectivity index (χ0n) is 8.10. The third-order valence-electron chi connectivity index (χ3n) is 1.71. The first kappa shape index (κ1) is 11.7. The van der Waals surface area contributed by atoms with Gasteiger partial charge in [-0.25, -0.2) is 4.79 Å². The molecule has 1 aromatic heterocycles. The Bertz CT molecular complexity index is 336. The van der Waals surface area contributed by atoms with E-state index < -0.39 is 12.1 Å². The molecule has 0 aromatic carbocycles. The fraction of sp³-hybridized carbons (Fsp3) is 0.333. The molecule has 5 nitrogen and oxygen atoms in total. The van der Waals surface area contributed by atoms with Gasteiger partial charge in [-0.2, -0.15) is 11.3 Å². The van der Waals surface area contributed by atoms with Gasteiger partial charge < -0.3 is 15.2 Å². The van der Waals surface area contributed by atoms with E-state index in [4.69, 9.17) is 0 Å². The van der Waals surface area contributed by atoms with Crippen molar-refractivity contribution in [2.45, 2.75) is 6.10 Å². The summed E-state index contributed by atoms with van der Waals surface area (Å²) in [7, 11) is 1.17. The van der Waals surface area contributed by atoms with E-state index in [9.17, 15) is 14.7 Å². The lowest BCUT2D eigenvalue weighted by Gasteiger charge is -2.08. The molecule has 0 bridgehead atoms. The third kappa shape index (κ3) is 3.34. The molecule has 1 aromatic rings. The summed E-state index contributed by atoms with van der Waals surface area (Å²) in [5, 5.41) is 15.0. The number of nitrogens with one attached hydrogen (secondary N) is 1. The minimum Gasteiger partial charge on any atom is -0.467 e. The number of ether oxygens (including phenoxy) is 1. The van der Waals surface area contributed by atoms with Crippen LogP contribution in [0.15, 0.2) is 16.8 Å². The maximum atomic E-state index is 11.4. The van der Waals surface area contributed by atoms with E-state index in [0.29, 0.717) is 5.56 Å². The molecule has 0 aliphatic carbocycles. The number of aliphatic hydroxyl groups is 1. The molecule has 1 heterocycles. The van der Waals surface area contributed by atoms with Crippen molar-refractivity contribution >= 4 is 23.2 Å². The number of methoxy groups -OCH3 is 1. The largest absolute Gasteiger partial charge is 0.467 e. The second-order valence-electron chi connectivity index (χ2n) is 2.76. The number of carbonyl (C=O) groups is 2. The lowest BCUT2D eigenvalue weighted by Crippen LogP contribution is -2.37. The van der Waals surface area contributed by atoms with E-state index >= 15 is 0 Å². The van der Waals surface area contributed by atoms with Gasteiger partial charge in [0.2, 0.25) is 0 Å². The Kier molecular flexibility index (Phi) is 4.26. The number of amides is 1. The van der Waals surface area contributed by atoms with Gasteiger partial charge >= 0.3 is 5.97 Å². The molecule has 1 rings (SSSR count). The number of thiophene rings is 1.